The van der Waals surface area contributed by atoms with Crippen LogP contribution in [0.1, 0.15) is 44.9 Å². The van der Waals surface area contributed by atoms with Crippen LogP contribution in [0, 0.1) is 17.8 Å². The lowest BCUT2D eigenvalue weighted by Crippen LogP contribution is -2.02. The first-order chi connectivity index (χ1) is 5.93. The molecule has 0 bridgehead atoms. The minimum atomic E-state index is 0.277. The van der Waals surface area contributed by atoms with Gasteiger partial charge in [0.25, 0.3) is 0 Å². The Morgan fingerprint density at radius 1 is 1.17 bits per heavy atom. The summed E-state index contributed by atoms with van der Waals surface area (Å²) in [6.07, 6.45) is 8.42. The number of aliphatic hydroxyl groups excluding tert-OH is 1. The molecule has 68 valence electrons. The van der Waals surface area contributed by atoms with Gasteiger partial charge in [-0.05, 0) is 19.3 Å². The van der Waals surface area contributed by atoms with Crippen LogP contribution < -0.4 is 0 Å². The highest BCUT2D eigenvalue weighted by molar-refractivity contribution is 5.04. The van der Waals surface area contributed by atoms with Gasteiger partial charge in [-0.1, -0.05) is 25.2 Å². The molecule has 1 nitrogen and oxygen atoms in total. The van der Waals surface area contributed by atoms with Crippen LogP contribution >= 0.6 is 0 Å². The van der Waals surface area contributed by atoms with E-state index in [9.17, 15) is 0 Å². The van der Waals surface area contributed by atoms with Crippen LogP contribution in [0.25, 0.3) is 0 Å². The van der Waals surface area contributed by atoms with E-state index in [0.29, 0.717) is 5.92 Å². The Bertz CT molecular complexity index is 158. The third-order valence-corrected chi connectivity index (χ3v) is 2.37. The van der Waals surface area contributed by atoms with Crippen molar-refractivity contribution in [1.29, 1.82) is 0 Å². The van der Waals surface area contributed by atoms with Gasteiger partial charge in [-0.15, -0.1) is 5.92 Å². The second-order valence-corrected chi connectivity index (χ2v) is 3.48. The summed E-state index contributed by atoms with van der Waals surface area (Å²) in [6.45, 7) is 0.277. The Morgan fingerprint density at radius 2 is 1.92 bits per heavy atom. The summed E-state index contributed by atoms with van der Waals surface area (Å²) in [5.41, 5.74) is 0. The van der Waals surface area contributed by atoms with Gasteiger partial charge in [0.2, 0.25) is 0 Å². The molecule has 0 aromatic carbocycles. The first-order valence-corrected chi connectivity index (χ1v) is 5.02. The molecule has 1 fully saturated rings. The molecule has 0 amide bonds. The molecule has 1 rings (SSSR count). The average molecular weight is 166 g/mol. The van der Waals surface area contributed by atoms with Crippen molar-refractivity contribution in [1.82, 2.24) is 0 Å². The first kappa shape index (κ1) is 9.61. The number of rotatable bonds is 2. The molecule has 1 aliphatic rings. The van der Waals surface area contributed by atoms with E-state index in [-0.39, 0.29) is 6.61 Å². The quantitative estimate of drug-likeness (QED) is 0.493. The lowest BCUT2D eigenvalue weighted by Gasteiger charge is -2.15. The predicted octanol–water partition coefficient (Wildman–Crippen LogP) is 2.34. The SMILES string of the molecule is OCCCC#CC1CCCCC1. The molecule has 0 unspecified atom stereocenters. The molecule has 0 aromatic rings. The van der Waals surface area contributed by atoms with Crippen LogP contribution in [0.5, 0.6) is 0 Å². The fraction of sp³-hybridized carbons (Fsp3) is 0.818. The fourth-order valence-electron chi connectivity index (χ4n) is 1.63. The van der Waals surface area contributed by atoms with E-state index in [1.165, 1.54) is 32.1 Å². The van der Waals surface area contributed by atoms with Crippen molar-refractivity contribution < 1.29 is 5.11 Å². The molecule has 0 saturated heterocycles. The zero-order valence-electron chi connectivity index (χ0n) is 7.68. The Morgan fingerprint density at radius 3 is 2.58 bits per heavy atom. The molecule has 1 N–H and O–H groups in total. The molecule has 0 radical (unpaired) electrons. The maximum Gasteiger partial charge on any atom is 0.0440 e. The van der Waals surface area contributed by atoms with Gasteiger partial charge in [-0.3, -0.25) is 0 Å². The van der Waals surface area contributed by atoms with Crippen molar-refractivity contribution in [3.63, 3.8) is 0 Å². The first-order valence-electron chi connectivity index (χ1n) is 5.02. The molecule has 1 heteroatoms. The third kappa shape index (κ3) is 3.78. The summed E-state index contributed by atoms with van der Waals surface area (Å²) in [5.74, 6) is 7.11. The summed E-state index contributed by atoms with van der Waals surface area (Å²) in [4.78, 5) is 0. The standard InChI is InChI=1S/C11H18O/c12-10-6-2-5-9-11-7-3-1-4-8-11/h11-12H,1-4,6-8,10H2. The van der Waals surface area contributed by atoms with E-state index in [1.54, 1.807) is 0 Å². The number of hydrogen-bond acceptors (Lipinski definition) is 1. The summed E-state index contributed by atoms with van der Waals surface area (Å²) in [6, 6.07) is 0. The molecule has 1 saturated carbocycles. The highest BCUT2D eigenvalue weighted by Crippen LogP contribution is 2.22. The van der Waals surface area contributed by atoms with Crippen molar-refractivity contribution in [2.24, 2.45) is 5.92 Å². The topological polar surface area (TPSA) is 20.2 Å². The van der Waals surface area contributed by atoms with Crippen LogP contribution in [0.15, 0.2) is 0 Å². The Labute approximate surface area is 75.2 Å². The molecule has 12 heavy (non-hydrogen) atoms. The largest absolute Gasteiger partial charge is 0.396 e. The van der Waals surface area contributed by atoms with Crippen molar-refractivity contribution in [3.05, 3.63) is 0 Å². The number of hydrogen-bond donors (Lipinski definition) is 1. The van der Waals surface area contributed by atoms with Gasteiger partial charge in [0.1, 0.15) is 0 Å². The lowest BCUT2D eigenvalue weighted by atomic mass is 9.90. The average Bonchev–Trinajstić information content (AvgIpc) is 2.14. The number of unbranched alkanes of at least 4 members (excludes halogenated alkanes) is 1. The highest BCUT2D eigenvalue weighted by atomic mass is 16.2. The van der Waals surface area contributed by atoms with Gasteiger partial charge >= 0.3 is 0 Å². The van der Waals surface area contributed by atoms with Gasteiger partial charge in [0.05, 0.1) is 0 Å². The van der Waals surface area contributed by atoms with Crippen LogP contribution in [-0.4, -0.2) is 11.7 Å². The normalized spacial score (nSPS) is 18.4. The highest BCUT2D eigenvalue weighted by Gasteiger charge is 2.09. The van der Waals surface area contributed by atoms with Gasteiger partial charge < -0.3 is 5.11 Å². The smallest absolute Gasteiger partial charge is 0.0440 e. The summed E-state index contributed by atoms with van der Waals surface area (Å²) >= 11 is 0. The Kier molecular flexibility index (Phi) is 4.87. The van der Waals surface area contributed by atoms with Crippen LogP contribution in [-0.2, 0) is 0 Å². The van der Waals surface area contributed by atoms with Crippen molar-refractivity contribution >= 4 is 0 Å². The molecular weight excluding hydrogens is 148 g/mol. The molecule has 0 heterocycles. The minimum absolute atomic E-state index is 0.277. The molecule has 0 aliphatic heterocycles. The third-order valence-electron chi connectivity index (χ3n) is 2.37. The maximum absolute atomic E-state index is 8.54. The van der Waals surface area contributed by atoms with Gasteiger partial charge in [-0.25, -0.2) is 0 Å². The van der Waals surface area contributed by atoms with Gasteiger partial charge in [0.15, 0.2) is 0 Å². The maximum atomic E-state index is 8.54. The Balaban J connectivity index is 2.13. The van der Waals surface area contributed by atoms with E-state index in [1.807, 2.05) is 0 Å². The van der Waals surface area contributed by atoms with Crippen molar-refractivity contribution in [3.8, 4) is 11.8 Å². The van der Waals surface area contributed by atoms with Crippen molar-refractivity contribution in [2.45, 2.75) is 44.9 Å². The number of aliphatic hydroxyl groups is 1. The van der Waals surface area contributed by atoms with Crippen LogP contribution in [0.2, 0.25) is 0 Å². The summed E-state index contributed by atoms with van der Waals surface area (Å²) in [7, 11) is 0. The fourth-order valence-corrected chi connectivity index (χ4v) is 1.63. The van der Waals surface area contributed by atoms with Crippen LogP contribution in [0.3, 0.4) is 0 Å². The second kappa shape index (κ2) is 6.08. The van der Waals surface area contributed by atoms with E-state index < -0.39 is 0 Å². The monoisotopic (exact) mass is 166 g/mol. The predicted molar refractivity (Wildman–Crippen MR) is 50.7 cm³/mol. The Hall–Kier alpha value is -0.480. The zero-order chi connectivity index (χ0) is 8.65. The van der Waals surface area contributed by atoms with E-state index >= 15 is 0 Å². The molecule has 0 atom stereocenters. The van der Waals surface area contributed by atoms with Crippen molar-refractivity contribution in [2.75, 3.05) is 6.61 Å². The van der Waals surface area contributed by atoms with E-state index in [2.05, 4.69) is 11.8 Å². The molecule has 0 aromatic heterocycles. The van der Waals surface area contributed by atoms with Crippen LogP contribution in [0.4, 0.5) is 0 Å². The van der Waals surface area contributed by atoms with Gasteiger partial charge in [0, 0.05) is 18.9 Å². The molecule has 0 spiro atoms. The molecular formula is C11H18O. The zero-order valence-corrected chi connectivity index (χ0v) is 7.68. The molecule has 1 aliphatic carbocycles. The lowest BCUT2D eigenvalue weighted by molar-refractivity contribution is 0.290. The minimum Gasteiger partial charge on any atom is -0.396 e. The second-order valence-electron chi connectivity index (χ2n) is 3.48. The van der Waals surface area contributed by atoms with Gasteiger partial charge in [-0.2, -0.15) is 0 Å². The van der Waals surface area contributed by atoms with E-state index in [4.69, 9.17) is 5.11 Å². The summed E-state index contributed by atoms with van der Waals surface area (Å²) in [5, 5.41) is 8.54. The van der Waals surface area contributed by atoms with E-state index in [0.717, 1.165) is 12.8 Å². The summed E-state index contributed by atoms with van der Waals surface area (Å²) < 4.78 is 0.